The highest BCUT2D eigenvalue weighted by Crippen LogP contribution is 2.14. The van der Waals surface area contributed by atoms with Crippen LogP contribution in [0.25, 0.3) is 11.0 Å². The molecule has 0 aliphatic carbocycles. The smallest absolute Gasteiger partial charge is 0.113 e. The maximum absolute atomic E-state index is 4.99. The standard InChI is InChI=1S/C12H18N4O/c1-10(9-13-7-8-17-2)16-12-6-4-3-5-11(12)14-15-16/h3-6,10,13H,7-9H2,1-2H3. The molecule has 1 unspecified atom stereocenters. The lowest BCUT2D eigenvalue weighted by atomic mass is 10.3. The van der Waals surface area contributed by atoms with E-state index in [4.69, 9.17) is 4.74 Å². The summed E-state index contributed by atoms with van der Waals surface area (Å²) in [4.78, 5) is 0. The van der Waals surface area contributed by atoms with Crippen LogP contribution in [0.4, 0.5) is 0 Å². The largest absolute Gasteiger partial charge is 0.383 e. The van der Waals surface area contributed by atoms with Crippen molar-refractivity contribution in [3.05, 3.63) is 24.3 Å². The Morgan fingerprint density at radius 2 is 2.24 bits per heavy atom. The molecule has 5 heteroatoms. The number of para-hydroxylation sites is 1. The molecule has 1 heterocycles. The van der Waals surface area contributed by atoms with E-state index in [-0.39, 0.29) is 6.04 Å². The minimum absolute atomic E-state index is 0.277. The molecule has 0 aliphatic rings. The summed E-state index contributed by atoms with van der Waals surface area (Å²) < 4.78 is 6.94. The quantitative estimate of drug-likeness (QED) is 0.764. The Kier molecular flexibility index (Phi) is 4.06. The maximum Gasteiger partial charge on any atom is 0.113 e. The van der Waals surface area contributed by atoms with E-state index in [1.807, 2.05) is 28.9 Å². The Balaban J connectivity index is 2.01. The fourth-order valence-corrected chi connectivity index (χ4v) is 1.78. The molecule has 92 valence electrons. The van der Waals surface area contributed by atoms with E-state index in [1.165, 1.54) is 0 Å². The molecule has 1 aromatic heterocycles. The van der Waals surface area contributed by atoms with E-state index in [0.717, 1.165) is 30.7 Å². The zero-order valence-corrected chi connectivity index (χ0v) is 10.3. The summed E-state index contributed by atoms with van der Waals surface area (Å²) in [5, 5.41) is 11.7. The average Bonchev–Trinajstić information content (AvgIpc) is 2.78. The highest BCUT2D eigenvalue weighted by Gasteiger charge is 2.09. The number of methoxy groups -OCH3 is 1. The highest BCUT2D eigenvalue weighted by molar-refractivity contribution is 5.73. The van der Waals surface area contributed by atoms with Gasteiger partial charge in [0.25, 0.3) is 0 Å². The highest BCUT2D eigenvalue weighted by atomic mass is 16.5. The SMILES string of the molecule is COCCNCC(C)n1nnc2ccccc21. The van der Waals surface area contributed by atoms with Gasteiger partial charge >= 0.3 is 0 Å². The molecule has 0 amide bonds. The number of nitrogens with one attached hydrogen (secondary N) is 1. The number of fused-ring (bicyclic) bond motifs is 1. The van der Waals surface area contributed by atoms with Gasteiger partial charge in [0.15, 0.2) is 0 Å². The molecule has 0 spiro atoms. The molecule has 5 nitrogen and oxygen atoms in total. The van der Waals surface area contributed by atoms with Crippen molar-refractivity contribution < 1.29 is 4.74 Å². The van der Waals surface area contributed by atoms with Crippen LogP contribution in [0, 0.1) is 0 Å². The van der Waals surface area contributed by atoms with Crippen LogP contribution >= 0.6 is 0 Å². The monoisotopic (exact) mass is 234 g/mol. The molecule has 2 rings (SSSR count). The van der Waals surface area contributed by atoms with Crippen LogP contribution in [0.2, 0.25) is 0 Å². The number of rotatable bonds is 6. The van der Waals surface area contributed by atoms with Gasteiger partial charge in [-0.15, -0.1) is 5.10 Å². The lowest BCUT2D eigenvalue weighted by Crippen LogP contribution is -2.27. The van der Waals surface area contributed by atoms with Crippen LogP contribution < -0.4 is 5.32 Å². The summed E-state index contributed by atoms with van der Waals surface area (Å²) in [6, 6.07) is 8.28. The van der Waals surface area contributed by atoms with Crippen LogP contribution in [-0.2, 0) is 4.74 Å². The Labute approximate surface area is 101 Å². The molecule has 0 radical (unpaired) electrons. The van der Waals surface area contributed by atoms with Crippen molar-refractivity contribution in [2.24, 2.45) is 0 Å². The summed E-state index contributed by atoms with van der Waals surface area (Å²) in [5.74, 6) is 0. The van der Waals surface area contributed by atoms with E-state index < -0.39 is 0 Å². The lowest BCUT2D eigenvalue weighted by Gasteiger charge is -2.13. The van der Waals surface area contributed by atoms with Crippen molar-refractivity contribution in [3.63, 3.8) is 0 Å². The van der Waals surface area contributed by atoms with Gasteiger partial charge in [-0.05, 0) is 19.1 Å². The van der Waals surface area contributed by atoms with Crippen LogP contribution in [0.5, 0.6) is 0 Å². The molecule has 0 bridgehead atoms. The Bertz CT molecular complexity index is 468. The molecule has 17 heavy (non-hydrogen) atoms. The fourth-order valence-electron chi connectivity index (χ4n) is 1.78. The van der Waals surface area contributed by atoms with Crippen molar-refractivity contribution in [1.29, 1.82) is 0 Å². The molecule has 1 aromatic carbocycles. The summed E-state index contributed by atoms with van der Waals surface area (Å²) >= 11 is 0. The number of nitrogens with zero attached hydrogens (tertiary/aromatic N) is 3. The van der Waals surface area contributed by atoms with Crippen LogP contribution in [0.3, 0.4) is 0 Å². The van der Waals surface area contributed by atoms with Crippen LogP contribution in [-0.4, -0.2) is 41.8 Å². The van der Waals surface area contributed by atoms with Gasteiger partial charge < -0.3 is 10.1 Å². The molecular weight excluding hydrogens is 216 g/mol. The summed E-state index contributed by atoms with van der Waals surface area (Å²) in [6.45, 7) is 4.57. The van der Waals surface area contributed by atoms with E-state index in [9.17, 15) is 0 Å². The first kappa shape index (κ1) is 12.0. The third-order valence-electron chi connectivity index (χ3n) is 2.72. The maximum atomic E-state index is 4.99. The second kappa shape index (κ2) is 5.75. The van der Waals surface area contributed by atoms with Gasteiger partial charge in [0, 0.05) is 20.2 Å². The van der Waals surface area contributed by atoms with Crippen molar-refractivity contribution in [2.75, 3.05) is 26.8 Å². The normalized spacial score (nSPS) is 13.1. The van der Waals surface area contributed by atoms with Gasteiger partial charge in [-0.2, -0.15) is 0 Å². The molecule has 0 fully saturated rings. The van der Waals surface area contributed by atoms with Crippen molar-refractivity contribution >= 4 is 11.0 Å². The zero-order chi connectivity index (χ0) is 12.1. The predicted octanol–water partition coefficient (Wildman–Crippen LogP) is 1.23. The Hall–Kier alpha value is -1.46. The first-order valence-electron chi connectivity index (χ1n) is 5.82. The number of ether oxygens (including phenoxy) is 1. The third-order valence-corrected chi connectivity index (χ3v) is 2.72. The fraction of sp³-hybridized carbons (Fsp3) is 0.500. The summed E-state index contributed by atoms with van der Waals surface area (Å²) in [6.07, 6.45) is 0. The number of benzene rings is 1. The van der Waals surface area contributed by atoms with Gasteiger partial charge in [0.1, 0.15) is 5.52 Å². The van der Waals surface area contributed by atoms with E-state index >= 15 is 0 Å². The number of hydrogen-bond donors (Lipinski definition) is 1. The van der Waals surface area contributed by atoms with Crippen molar-refractivity contribution in [2.45, 2.75) is 13.0 Å². The first-order chi connectivity index (χ1) is 8.33. The molecule has 0 saturated carbocycles. The second-order valence-corrected chi connectivity index (χ2v) is 4.07. The van der Waals surface area contributed by atoms with Gasteiger partial charge in [0.2, 0.25) is 0 Å². The lowest BCUT2D eigenvalue weighted by molar-refractivity contribution is 0.198. The zero-order valence-electron chi connectivity index (χ0n) is 10.3. The third kappa shape index (κ3) is 2.81. The molecule has 2 aromatic rings. The number of aromatic nitrogens is 3. The minimum atomic E-state index is 0.277. The van der Waals surface area contributed by atoms with Crippen LogP contribution in [0.1, 0.15) is 13.0 Å². The molecule has 1 atom stereocenters. The topological polar surface area (TPSA) is 52.0 Å². The van der Waals surface area contributed by atoms with Crippen molar-refractivity contribution in [3.8, 4) is 0 Å². The minimum Gasteiger partial charge on any atom is -0.383 e. The molecule has 0 saturated heterocycles. The van der Waals surface area contributed by atoms with Gasteiger partial charge in [0.05, 0.1) is 18.2 Å². The van der Waals surface area contributed by atoms with Gasteiger partial charge in [-0.3, -0.25) is 0 Å². The van der Waals surface area contributed by atoms with E-state index in [0.29, 0.717) is 0 Å². The van der Waals surface area contributed by atoms with Crippen LogP contribution in [0.15, 0.2) is 24.3 Å². The van der Waals surface area contributed by atoms with E-state index in [2.05, 4.69) is 22.6 Å². The van der Waals surface area contributed by atoms with Crippen molar-refractivity contribution in [1.82, 2.24) is 20.3 Å². The molecule has 0 aliphatic heterocycles. The predicted molar refractivity (Wildman–Crippen MR) is 67.0 cm³/mol. The second-order valence-electron chi connectivity index (χ2n) is 4.07. The summed E-state index contributed by atoms with van der Waals surface area (Å²) in [5.41, 5.74) is 2.02. The number of hydrogen-bond acceptors (Lipinski definition) is 4. The van der Waals surface area contributed by atoms with Gasteiger partial charge in [-0.25, -0.2) is 4.68 Å². The average molecular weight is 234 g/mol. The summed E-state index contributed by atoms with van der Waals surface area (Å²) in [7, 11) is 1.70. The molecule has 1 N–H and O–H groups in total. The van der Waals surface area contributed by atoms with E-state index in [1.54, 1.807) is 7.11 Å². The first-order valence-corrected chi connectivity index (χ1v) is 5.82. The molecular formula is C12H18N4O. The Morgan fingerprint density at radius 1 is 1.41 bits per heavy atom. The Morgan fingerprint density at radius 3 is 3.06 bits per heavy atom. The van der Waals surface area contributed by atoms with Gasteiger partial charge in [-0.1, -0.05) is 17.3 Å².